The summed E-state index contributed by atoms with van der Waals surface area (Å²) >= 11 is 0. The summed E-state index contributed by atoms with van der Waals surface area (Å²) in [5, 5.41) is 9.42. The van der Waals surface area contributed by atoms with Crippen molar-refractivity contribution in [3.05, 3.63) is 0 Å². The van der Waals surface area contributed by atoms with Gasteiger partial charge in [-0.25, -0.2) is 0 Å². The summed E-state index contributed by atoms with van der Waals surface area (Å²) in [6, 6.07) is 0.489. The molecule has 0 aromatic heterocycles. The Morgan fingerprint density at radius 1 is 1.55 bits per heavy atom. The molecule has 1 saturated heterocycles. The standard InChI is InChI=1S/C9H15NO/c1-4-8-5-10(7(2)3)6-9(8)11/h1,7-9,11H,5-6H2,2-3H3/t8-,9-/m1/s1. The van der Waals surface area contributed by atoms with E-state index in [1.54, 1.807) is 0 Å². The molecular weight excluding hydrogens is 138 g/mol. The largest absolute Gasteiger partial charge is 0.390 e. The Hall–Kier alpha value is -0.520. The van der Waals surface area contributed by atoms with E-state index in [2.05, 4.69) is 24.7 Å². The van der Waals surface area contributed by atoms with Crippen molar-refractivity contribution < 1.29 is 5.11 Å². The van der Waals surface area contributed by atoms with Gasteiger partial charge >= 0.3 is 0 Å². The van der Waals surface area contributed by atoms with Gasteiger partial charge in [-0.1, -0.05) is 5.92 Å². The summed E-state index contributed by atoms with van der Waals surface area (Å²) in [5.74, 6) is 2.65. The second-order valence-corrected chi connectivity index (χ2v) is 3.39. The summed E-state index contributed by atoms with van der Waals surface area (Å²) in [7, 11) is 0. The monoisotopic (exact) mass is 153 g/mol. The fourth-order valence-electron chi connectivity index (χ4n) is 1.40. The van der Waals surface area contributed by atoms with Crippen LogP contribution in [0.3, 0.4) is 0 Å². The lowest BCUT2D eigenvalue weighted by molar-refractivity contribution is 0.153. The molecule has 0 aromatic carbocycles. The number of β-amino-alcohol motifs (C(OH)–C–C–N with tert-alkyl or cyclic N) is 1. The molecule has 0 saturated carbocycles. The lowest BCUT2D eigenvalue weighted by atomic mass is 10.1. The van der Waals surface area contributed by atoms with Crippen LogP contribution in [0.5, 0.6) is 0 Å². The van der Waals surface area contributed by atoms with Gasteiger partial charge in [-0.15, -0.1) is 6.42 Å². The number of hydrogen-bond acceptors (Lipinski definition) is 2. The van der Waals surface area contributed by atoms with Gasteiger partial charge in [-0.05, 0) is 13.8 Å². The maximum atomic E-state index is 9.42. The molecule has 1 heterocycles. The quantitative estimate of drug-likeness (QED) is 0.548. The molecule has 62 valence electrons. The molecule has 2 heteroatoms. The predicted octanol–water partition coefficient (Wildman–Crippen LogP) is 0.321. The Balaban J connectivity index is 2.51. The first-order valence-electron chi connectivity index (χ1n) is 4.03. The fourth-order valence-corrected chi connectivity index (χ4v) is 1.40. The van der Waals surface area contributed by atoms with Crippen molar-refractivity contribution in [2.24, 2.45) is 5.92 Å². The number of aliphatic hydroxyl groups excluding tert-OH is 1. The molecule has 0 aliphatic carbocycles. The Morgan fingerprint density at radius 3 is 2.45 bits per heavy atom. The molecule has 0 amide bonds. The van der Waals surface area contributed by atoms with Crippen molar-refractivity contribution in [2.45, 2.75) is 26.0 Å². The summed E-state index contributed by atoms with van der Waals surface area (Å²) < 4.78 is 0. The second kappa shape index (κ2) is 3.25. The van der Waals surface area contributed by atoms with Gasteiger partial charge < -0.3 is 5.11 Å². The normalized spacial score (nSPS) is 32.6. The van der Waals surface area contributed by atoms with E-state index in [4.69, 9.17) is 6.42 Å². The molecule has 0 bridgehead atoms. The number of terminal acetylenes is 1. The molecule has 2 nitrogen and oxygen atoms in total. The van der Waals surface area contributed by atoms with Crippen LogP contribution < -0.4 is 0 Å². The maximum Gasteiger partial charge on any atom is 0.0816 e. The molecule has 1 aliphatic rings. The van der Waals surface area contributed by atoms with Crippen LogP contribution in [-0.4, -0.2) is 35.2 Å². The SMILES string of the molecule is C#C[C@@H]1CN(C(C)C)C[C@H]1O. The predicted molar refractivity (Wildman–Crippen MR) is 45.0 cm³/mol. The average Bonchev–Trinajstić information content (AvgIpc) is 2.31. The van der Waals surface area contributed by atoms with Crippen molar-refractivity contribution >= 4 is 0 Å². The number of hydrogen-bond donors (Lipinski definition) is 1. The van der Waals surface area contributed by atoms with Crippen molar-refractivity contribution in [3.8, 4) is 12.3 Å². The van der Waals surface area contributed by atoms with E-state index in [1.165, 1.54) is 0 Å². The van der Waals surface area contributed by atoms with Gasteiger partial charge in [0, 0.05) is 19.1 Å². The highest BCUT2D eigenvalue weighted by atomic mass is 16.3. The average molecular weight is 153 g/mol. The minimum absolute atomic E-state index is 0.0393. The number of nitrogens with zero attached hydrogens (tertiary/aromatic N) is 1. The van der Waals surface area contributed by atoms with Gasteiger partial charge in [0.2, 0.25) is 0 Å². The van der Waals surface area contributed by atoms with Crippen LogP contribution in [0.2, 0.25) is 0 Å². The molecule has 0 radical (unpaired) electrons. The third kappa shape index (κ3) is 1.74. The van der Waals surface area contributed by atoms with Crippen LogP contribution >= 0.6 is 0 Å². The van der Waals surface area contributed by atoms with E-state index in [-0.39, 0.29) is 12.0 Å². The molecule has 11 heavy (non-hydrogen) atoms. The maximum absolute atomic E-state index is 9.42. The van der Waals surface area contributed by atoms with Gasteiger partial charge in [0.15, 0.2) is 0 Å². The zero-order valence-electron chi connectivity index (χ0n) is 7.12. The highest BCUT2D eigenvalue weighted by Crippen LogP contribution is 2.17. The first-order valence-corrected chi connectivity index (χ1v) is 4.03. The summed E-state index contributed by atoms with van der Waals surface area (Å²) in [6.07, 6.45) is 4.93. The third-order valence-corrected chi connectivity index (χ3v) is 2.26. The fraction of sp³-hybridized carbons (Fsp3) is 0.778. The Kier molecular flexibility index (Phi) is 2.53. The number of rotatable bonds is 1. The first kappa shape index (κ1) is 8.58. The van der Waals surface area contributed by atoms with Gasteiger partial charge in [-0.3, -0.25) is 4.90 Å². The van der Waals surface area contributed by atoms with Gasteiger partial charge in [0.05, 0.1) is 12.0 Å². The molecule has 0 spiro atoms. The van der Waals surface area contributed by atoms with E-state index < -0.39 is 0 Å². The van der Waals surface area contributed by atoms with Crippen molar-refractivity contribution in [2.75, 3.05) is 13.1 Å². The molecular formula is C9H15NO. The summed E-state index contributed by atoms with van der Waals surface area (Å²) in [6.45, 7) is 5.80. The van der Waals surface area contributed by atoms with Crippen LogP contribution in [0.15, 0.2) is 0 Å². The smallest absolute Gasteiger partial charge is 0.0816 e. The molecule has 1 aliphatic heterocycles. The van der Waals surface area contributed by atoms with E-state index >= 15 is 0 Å². The number of likely N-dealkylation sites (tertiary alicyclic amines) is 1. The van der Waals surface area contributed by atoms with E-state index in [0.717, 1.165) is 13.1 Å². The molecule has 1 N–H and O–H groups in total. The minimum Gasteiger partial charge on any atom is -0.390 e. The van der Waals surface area contributed by atoms with Gasteiger partial charge in [-0.2, -0.15) is 0 Å². The topological polar surface area (TPSA) is 23.5 Å². The Morgan fingerprint density at radius 2 is 2.18 bits per heavy atom. The molecule has 0 unspecified atom stereocenters. The lowest BCUT2D eigenvalue weighted by Gasteiger charge is -2.18. The summed E-state index contributed by atoms with van der Waals surface area (Å²) in [5.41, 5.74) is 0. The molecule has 2 atom stereocenters. The van der Waals surface area contributed by atoms with Crippen LogP contribution in [0.4, 0.5) is 0 Å². The van der Waals surface area contributed by atoms with Gasteiger partial charge in [0.1, 0.15) is 0 Å². The van der Waals surface area contributed by atoms with Crippen LogP contribution in [0.25, 0.3) is 0 Å². The zero-order chi connectivity index (χ0) is 8.43. The molecule has 0 aromatic rings. The van der Waals surface area contributed by atoms with Crippen molar-refractivity contribution in [1.29, 1.82) is 0 Å². The first-order chi connectivity index (χ1) is 5.15. The molecule has 1 rings (SSSR count). The minimum atomic E-state index is -0.317. The van der Waals surface area contributed by atoms with Crippen LogP contribution in [0, 0.1) is 18.3 Å². The van der Waals surface area contributed by atoms with Crippen LogP contribution in [-0.2, 0) is 0 Å². The molecule has 1 fully saturated rings. The number of aliphatic hydroxyl groups is 1. The van der Waals surface area contributed by atoms with Crippen molar-refractivity contribution in [1.82, 2.24) is 4.90 Å². The van der Waals surface area contributed by atoms with Crippen molar-refractivity contribution in [3.63, 3.8) is 0 Å². The zero-order valence-corrected chi connectivity index (χ0v) is 7.12. The Labute approximate surface area is 68.2 Å². The second-order valence-electron chi connectivity index (χ2n) is 3.39. The Bertz CT molecular complexity index is 171. The van der Waals surface area contributed by atoms with E-state index in [0.29, 0.717) is 6.04 Å². The summed E-state index contributed by atoms with van der Waals surface area (Å²) in [4.78, 5) is 2.20. The third-order valence-electron chi connectivity index (χ3n) is 2.26. The van der Waals surface area contributed by atoms with E-state index in [1.807, 2.05) is 0 Å². The highest BCUT2D eigenvalue weighted by molar-refractivity contribution is 5.03. The van der Waals surface area contributed by atoms with Gasteiger partial charge in [0.25, 0.3) is 0 Å². The lowest BCUT2D eigenvalue weighted by Crippen LogP contribution is -2.29. The van der Waals surface area contributed by atoms with E-state index in [9.17, 15) is 5.11 Å². The van der Waals surface area contributed by atoms with Crippen LogP contribution in [0.1, 0.15) is 13.8 Å². The highest BCUT2D eigenvalue weighted by Gasteiger charge is 2.30.